The number of rotatable bonds is 2. The lowest BCUT2D eigenvalue weighted by Gasteiger charge is -2.24. The molecule has 128 valence electrons. The standard InChI is InChI=1S/C16H17Cl2N3O3/c1-15(2)23-12-11(7-4-16(7,5-22)13(12)24-15)21-6-19-10-8(17)3-9(18)20-14(10)21/h3,6-7,11-13,22H,4-5H2,1-2H3/t7-,11-,12+,13+,16+/m1/s1. The first-order valence-corrected chi connectivity index (χ1v) is 8.77. The van der Waals surface area contributed by atoms with Crippen LogP contribution in [0.3, 0.4) is 0 Å². The van der Waals surface area contributed by atoms with Gasteiger partial charge in [0.2, 0.25) is 0 Å². The van der Waals surface area contributed by atoms with Gasteiger partial charge in [-0.05, 0) is 32.3 Å². The Hall–Kier alpha value is -0.920. The van der Waals surface area contributed by atoms with Gasteiger partial charge in [-0.1, -0.05) is 23.2 Å². The van der Waals surface area contributed by atoms with E-state index in [9.17, 15) is 5.11 Å². The number of imidazole rings is 1. The highest BCUT2D eigenvalue weighted by molar-refractivity contribution is 6.37. The second-order valence-corrected chi connectivity index (χ2v) is 8.26. The van der Waals surface area contributed by atoms with Crippen LogP contribution in [0, 0.1) is 11.3 Å². The molecule has 1 aliphatic heterocycles. The average molecular weight is 370 g/mol. The Kier molecular flexibility index (Phi) is 2.95. The molecule has 2 aromatic rings. The number of hydrogen-bond donors (Lipinski definition) is 1. The smallest absolute Gasteiger partial charge is 0.163 e. The van der Waals surface area contributed by atoms with E-state index < -0.39 is 5.79 Å². The molecule has 0 bridgehead atoms. The number of fused-ring (bicyclic) bond motifs is 4. The zero-order valence-corrected chi connectivity index (χ0v) is 14.8. The minimum atomic E-state index is -0.664. The Bertz CT molecular complexity index is 854. The Morgan fingerprint density at radius 2 is 2.17 bits per heavy atom. The number of aliphatic hydroxyl groups excluding tert-OH is 1. The van der Waals surface area contributed by atoms with Crippen molar-refractivity contribution in [1.29, 1.82) is 0 Å². The number of aromatic nitrogens is 3. The van der Waals surface area contributed by atoms with Crippen LogP contribution in [0.4, 0.5) is 0 Å². The molecule has 3 heterocycles. The predicted molar refractivity (Wildman–Crippen MR) is 88.0 cm³/mol. The molecule has 0 radical (unpaired) electrons. The molecule has 0 amide bonds. The first-order valence-electron chi connectivity index (χ1n) is 8.01. The molecule has 8 heteroatoms. The van der Waals surface area contributed by atoms with E-state index >= 15 is 0 Å². The van der Waals surface area contributed by atoms with Gasteiger partial charge in [-0.3, -0.25) is 0 Å². The molecule has 3 fully saturated rings. The number of nitrogens with zero attached hydrogens (tertiary/aromatic N) is 3. The van der Waals surface area contributed by atoms with E-state index in [4.69, 9.17) is 32.7 Å². The highest BCUT2D eigenvalue weighted by Crippen LogP contribution is 2.71. The number of halogens is 2. The Labute approximate surface area is 148 Å². The lowest BCUT2D eigenvalue weighted by atomic mass is 10.0. The summed E-state index contributed by atoms with van der Waals surface area (Å²) in [6.45, 7) is 3.90. The molecule has 5 rings (SSSR count). The molecular formula is C16H17Cl2N3O3. The van der Waals surface area contributed by atoms with E-state index in [0.29, 0.717) is 21.3 Å². The first-order chi connectivity index (χ1) is 11.4. The minimum absolute atomic E-state index is 0.00374. The molecule has 6 nitrogen and oxygen atoms in total. The van der Waals surface area contributed by atoms with E-state index in [2.05, 4.69) is 9.97 Å². The number of hydrogen-bond acceptors (Lipinski definition) is 5. The van der Waals surface area contributed by atoms with Gasteiger partial charge in [-0.25, -0.2) is 9.97 Å². The largest absolute Gasteiger partial charge is 0.396 e. The summed E-state index contributed by atoms with van der Waals surface area (Å²) >= 11 is 12.3. The van der Waals surface area contributed by atoms with E-state index in [-0.39, 0.29) is 36.2 Å². The van der Waals surface area contributed by atoms with Crippen LogP contribution in [-0.2, 0) is 9.47 Å². The summed E-state index contributed by atoms with van der Waals surface area (Å²) < 4.78 is 14.3. The molecule has 24 heavy (non-hydrogen) atoms. The fraction of sp³-hybridized carbons (Fsp3) is 0.625. The van der Waals surface area contributed by atoms with Gasteiger partial charge < -0.3 is 19.1 Å². The highest BCUT2D eigenvalue weighted by atomic mass is 35.5. The molecule has 1 saturated heterocycles. The lowest BCUT2D eigenvalue weighted by Crippen LogP contribution is -2.33. The molecule has 2 aliphatic carbocycles. The Morgan fingerprint density at radius 3 is 2.92 bits per heavy atom. The summed E-state index contributed by atoms with van der Waals surface area (Å²) in [5.74, 6) is -0.395. The van der Waals surface area contributed by atoms with E-state index in [1.54, 1.807) is 12.4 Å². The highest BCUT2D eigenvalue weighted by Gasteiger charge is 2.75. The van der Waals surface area contributed by atoms with Crippen LogP contribution in [0.1, 0.15) is 26.3 Å². The third-order valence-electron chi connectivity index (χ3n) is 5.69. The summed E-state index contributed by atoms with van der Waals surface area (Å²) in [5.41, 5.74) is 1.03. The van der Waals surface area contributed by atoms with Gasteiger partial charge in [0.15, 0.2) is 11.4 Å². The van der Waals surface area contributed by atoms with Gasteiger partial charge in [0.1, 0.15) is 16.8 Å². The van der Waals surface area contributed by atoms with Crippen LogP contribution in [0.15, 0.2) is 12.4 Å². The monoisotopic (exact) mass is 369 g/mol. The fourth-order valence-electron chi connectivity index (χ4n) is 4.63. The zero-order chi connectivity index (χ0) is 16.9. The fourth-order valence-corrected chi connectivity index (χ4v) is 5.11. The minimum Gasteiger partial charge on any atom is -0.396 e. The molecule has 0 aromatic carbocycles. The summed E-state index contributed by atoms with van der Waals surface area (Å²) in [6.07, 6.45) is 2.37. The summed E-state index contributed by atoms with van der Waals surface area (Å²) in [7, 11) is 0. The van der Waals surface area contributed by atoms with Crippen molar-refractivity contribution in [2.75, 3.05) is 6.61 Å². The number of aliphatic hydroxyl groups is 1. The molecule has 2 saturated carbocycles. The van der Waals surface area contributed by atoms with Crippen LogP contribution in [0.5, 0.6) is 0 Å². The van der Waals surface area contributed by atoms with Gasteiger partial charge >= 0.3 is 0 Å². The third kappa shape index (κ3) is 1.83. The Balaban J connectivity index is 1.65. The predicted octanol–water partition coefficient (Wildman–Crippen LogP) is 2.81. The average Bonchev–Trinajstić information content (AvgIpc) is 2.78. The van der Waals surface area contributed by atoms with Crippen molar-refractivity contribution in [3.8, 4) is 0 Å². The quantitative estimate of drug-likeness (QED) is 0.824. The van der Waals surface area contributed by atoms with Gasteiger partial charge in [0, 0.05) is 5.41 Å². The van der Waals surface area contributed by atoms with Crippen molar-refractivity contribution < 1.29 is 14.6 Å². The van der Waals surface area contributed by atoms with Crippen molar-refractivity contribution in [3.63, 3.8) is 0 Å². The topological polar surface area (TPSA) is 69.4 Å². The normalized spacial score (nSPS) is 39.2. The second kappa shape index (κ2) is 4.62. The molecule has 0 unspecified atom stereocenters. The number of ether oxygens (including phenoxy) is 2. The summed E-state index contributed by atoms with van der Waals surface area (Å²) in [6, 6.07) is 1.59. The van der Waals surface area contributed by atoms with Crippen molar-refractivity contribution in [3.05, 3.63) is 22.6 Å². The molecule has 5 atom stereocenters. The van der Waals surface area contributed by atoms with Crippen LogP contribution in [-0.4, -0.2) is 44.2 Å². The summed E-state index contributed by atoms with van der Waals surface area (Å²) in [5, 5.41) is 10.8. The van der Waals surface area contributed by atoms with Crippen LogP contribution >= 0.6 is 23.2 Å². The van der Waals surface area contributed by atoms with Crippen molar-refractivity contribution in [2.45, 2.75) is 44.3 Å². The van der Waals surface area contributed by atoms with Crippen LogP contribution in [0.25, 0.3) is 11.2 Å². The summed E-state index contributed by atoms with van der Waals surface area (Å²) in [4.78, 5) is 8.82. The third-order valence-corrected chi connectivity index (χ3v) is 6.17. The SMILES string of the molecule is CC1(C)O[C@H]2[C@H](n3cnc4c(Cl)cc(Cl)nc43)[C@H]3C[C@@]3(CO)[C@H]2O1. The second-order valence-electron chi connectivity index (χ2n) is 7.46. The molecule has 0 spiro atoms. The van der Waals surface area contributed by atoms with E-state index in [1.165, 1.54) is 0 Å². The van der Waals surface area contributed by atoms with Gasteiger partial charge in [-0.2, -0.15) is 0 Å². The van der Waals surface area contributed by atoms with Crippen LogP contribution < -0.4 is 0 Å². The first kappa shape index (κ1) is 15.3. The maximum Gasteiger partial charge on any atom is 0.163 e. The van der Waals surface area contributed by atoms with Crippen molar-refractivity contribution in [2.24, 2.45) is 11.3 Å². The lowest BCUT2D eigenvalue weighted by molar-refractivity contribution is -0.163. The number of pyridine rings is 1. The van der Waals surface area contributed by atoms with Gasteiger partial charge in [-0.15, -0.1) is 0 Å². The molecule has 1 N–H and O–H groups in total. The molecule has 2 aromatic heterocycles. The van der Waals surface area contributed by atoms with E-state index in [1.807, 2.05) is 18.4 Å². The molecular weight excluding hydrogens is 353 g/mol. The Morgan fingerprint density at radius 1 is 1.38 bits per heavy atom. The van der Waals surface area contributed by atoms with Gasteiger partial charge in [0.25, 0.3) is 0 Å². The van der Waals surface area contributed by atoms with Gasteiger partial charge in [0.05, 0.1) is 30.1 Å². The molecule has 3 aliphatic rings. The van der Waals surface area contributed by atoms with Crippen molar-refractivity contribution >= 4 is 34.4 Å². The van der Waals surface area contributed by atoms with Crippen molar-refractivity contribution in [1.82, 2.24) is 14.5 Å². The maximum absolute atomic E-state index is 9.98. The van der Waals surface area contributed by atoms with Crippen LogP contribution in [0.2, 0.25) is 10.2 Å². The zero-order valence-electron chi connectivity index (χ0n) is 13.2. The van der Waals surface area contributed by atoms with E-state index in [0.717, 1.165) is 6.42 Å². The maximum atomic E-state index is 9.98.